The van der Waals surface area contributed by atoms with Crippen LogP contribution in [0.4, 0.5) is 5.82 Å². The van der Waals surface area contributed by atoms with Gasteiger partial charge in [-0.05, 0) is 32.3 Å². The van der Waals surface area contributed by atoms with Crippen LogP contribution in [0.1, 0.15) is 24.1 Å². The first-order valence-electron chi connectivity index (χ1n) is 8.48. The van der Waals surface area contributed by atoms with Crippen molar-refractivity contribution in [3.8, 4) is 11.1 Å². The Labute approximate surface area is 141 Å². The molecule has 3 aromatic rings. The van der Waals surface area contributed by atoms with E-state index in [1.165, 1.54) is 5.56 Å². The molecule has 1 atom stereocenters. The second-order valence-electron chi connectivity index (χ2n) is 6.46. The minimum atomic E-state index is 0.292. The SMILES string of the molecule is Cc1ccc(-c2cnn3c(NC[C@@H]4CCCO4)cc(C)nc23)cc1. The molecule has 1 aliphatic heterocycles. The molecule has 1 aromatic carbocycles. The van der Waals surface area contributed by atoms with Gasteiger partial charge in [-0.25, -0.2) is 4.98 Å². The van der Waals surface area contributed by atoms with E-state index in [0.717, 1.165) is 54.3 Å². The predicted molar refractivity (Wildman–Crippen MR) is 95.4 cm³/mol. The zero-order valence-corrected chi connectivity index (χ0v) is 14.1. The van der Waals surface area contributed by atoms with E-state index in [0.29, 0.717) is 6.10 Å². The smallest absolute Gasteiger partial charge is 0.165 e. The molecule has 0 radical (unpaired) electrons. The average Bonchev–Trinajstić information content (AvgIpc) is 3.23. The number of rotatable bonds is 4. The van der Waals surface area contributed by atoms with Gasteiger partial charge in [0, 0.05) is 30.5 Å². The number of aryl methyl sites for hydroxylation is 2. The fourth-order valence-corrected chi connectivity index (χ4v) is 3.17. The highest BCUT2D eigenvalue weighted by atomic mass is 16.5. The normalized spacial score (nSPS) is 17.5. The van der Waals surface area contributed by atoms with E-state index in [1.54, 1.807) is 0 Å². The van der Waals surface area contributed by atoms with Gasteiger partial charge in [0.05, 0.1) is 12.3 Å². The van der Waals surface area contributed by atoms with Gasteiger partial charge in [0.25, 0.3) is 0 Å². The number of nitrogens with one attached hydrogen (secondary N) is 1. The van der Waals surface area contributed by atoms with Crippen molar-refractivity contribution in [1.29, 1.82) is 0 Å². The van der Waals surface area contributed by atoms with Crippen molar-refractivity contribution < 1.29 is 4.74 Å². The molecule has 0 spiro atoms. The maximum atomic E-state index is 5.69. The minimum Gasteiger partial charge on any atom is -0.376 e. The first-order chi connectivity index (χ1) is 11.7. The zero-order valence-electron chi connectivity index (χ0n) is 14.1. The minimum absolute atomic E-state index is 0.292. The van der Waals surface area contributed by atoms with Gasteiger partial charge in [0.15, 0.2) is 5.65 Å². The average molecular weight is 322 g/mol. The van der Waals surface area contributed by atoms with E-state index in [4.69, 9.17) is 9.72 Å². The van der Waals surface area contributed by atoms with Crippen LogP contribution in [0.5, 0.6) is 0 Å². The van der Waals surface area contributed by atoms with Crippen molar-refractivity contribution in [2.24, 2.45) is 0 Å². The van der Waals surface area contributed by atoms with E-state index >= 15 is 0 Å². The lowest BCUT2D eigenvalue weighted by atomic mass is 10.1. The lowest BCUT2D eigenvalue weighted by Crippen LogP contribution is -2.20. The third-order valence-electron chi connectivity index (χ3n) is 4.50. The van der Waals surface area contributed by atoms with Gasteiger partial charge in [-0.1, -0.05) is 29.8 Å². The lowest BCUT2D eigenvalue weighted by molar-refractivity contribution is 0.120. The summed E-state index contributed by atoms with van der Waals surface area (Å²) in [6.07, 6.45) is 4.45. The highest BCUT2D eigenvalue weighted by Crippen LogP contribution is 2.26. The van der Waals surface area contributed by atoms with Crippen molar-refractivity contribution in [3.05, 3.63) is 47.8 Å². The summed E-state index contributed by atoms with van der Waals surface area (Å²) in [6.45, 7) is 5.79. The van der Waals surface area contributed by atoms with Gasteiger partial charge in [0.2, 0.25) is 0 Å². The standard InChI is InChI=1S/C19H22N4O/c1-13-5-7-15(8-6-13)17-12-21-23-18(10-14(2)22-19(17)23)20-11-16-4-3-9-24-16/h5-8,10,12,16,20H,3-4,9,11H2,1-2H3/t16-/m0/s1. The Balaban J connectivity index is 1.69. The van der Waals surface area contributed by atoms with Crippen LogP contribution in [0.2, 0.25) is 0 Å². The van der Waals surface area contributed by atoms with Crippen LogP contribution in [-0.4, -0.2) is 33.9 Å². The molecule has 5 nitrogen and oxygen atoms in total. The van der Waals surface area contributed by atoms with E-state index in [1.807, 2.05) is 23.7 Å². The van der Waals surface area contributed by atoms with Gasteiger partial charge >= 0.3 is 0 Å². The van der Waals surface area contributed by atoms with E-state index in [2.05, 4.69) is 41.6 Å². The van der Waals surface area contributed by atoms with E-state index < -0.39 is 0 Å². The molecule has 0 amide bonds. The molecule has 124 valence electrons. The summed E-state index contributed by atoms with van der Waals surface area (Å²) < 4.78 is 7.58. The maximum absolute atomic E-state index is 5.69. The van der Waals surface area contributed by atoms with Crippen molar-refractivity contribution in [2.75, 3.05) is 18.5 Å². The van der Waals surface area contributed by atoms with Crippen molar-refractivity contribution in [3.63, 3.8) is 0 Å². The first-order valence-corrected chi connectivity index (χ1v) is 8.48. The topological polar surface area (TPSA) is 51.5 Å². The van der Waals surface area contributed by atoms with E-state index in [9.17, 15) is 0 Å². The molecule has 1 N–H and O–H groups in total. The zero-order chi connectivity index (χ0) is 16.5. The summed E-state index contributed by atoms with van der Waals surface area (Å²) in [5.74, 6) is 0.964. The Morgan fingerprint density at radius 1 is 1.25 bits per heavy atom. The van der Waals surface area contributed by atoms with Gasteiger partial charge in [-0.15, -0.1) is 0 Å². The molecule has 0 bridgehead atoms. The summed E-state index contributed by atoms with van der Waals surface area (Å²) in [5, 5.41) is 8.03. The highest BCUT2D eigenvalue weighted by molar-refractivity contribution is 5.78. The Morgan fingerprint density at radius 2 is 2.08 bits per heavy atom. The number of ether oxygens (including phenoxy) is 1. The number of anilines is 1. The Morgan fingerprint density at radius 3 is 2.83 bits per heavy atom. The molecule has 0 unspecified atom stereocenters. The second-order valence-corrected chi connectivity index (χ2v) is 6.46. The Bertz CT molecular complexity index is 848. The fraction of sp³-hybridized carbons (Fsp3) is 0.368. The third kappa shape index (κ3) is 2.87. The molecular formula is C19H22N4O. The largest absolute Gasteiger partial charge is 0.376 e. The van der Waals surface area contributed by atoms with Crippen LogP contribution < -0.4 is 5.32 Å². The summed E-state index contributed by atoms with van der Waals surface area (Å²) >= 11 is 0. The summed E-state index contributed by atoms with van der Waals surface area (Å²) in [4.78, 5) is 4.70. The molecule has 0 aliphatic carbocycles. The summed E-state index contributed by atoms with van der Waals surface area (Å²) in [7, 11) is 0. The summed E-state index contributed by atoms with van der Waals surface area (Å²) in [6, 6.07) is 10.5. The molecule has 0 saturated carbocycles. The maximum Gasteiger partial charge on any atom is 0.165 e. The van der Waals surface area contributed by atoms with Crippen LogP contribution in [0.15, 0.2) is 36.5 Å². The Kier molecular flexibility index (Phi) is 3.94. The first kappa shape index (κ1) is 15.1. The third-order valence-corrected chi connectivity index (χ3v) is 4.50. The molecule has 3 heterocycles. The molecule has 2 aromatic heterocycles. The summed E-state index contributed by atoms with van der Waals surface area (Å²) in [5.41, 5.74) is 5.30. The fourth-order valence-electron chi connectivity index (χ4n) is 3.17. The number of fused-ring (bicyclic) bond motifs is 1. The molecular weight excluding hydrogens is 300 g/mol. The molecule has 24 heavy (non-hydrogen) atoms. The second kappa shape index (κ2) is 6.24. The number of nitrogens with zero attached hydrogens (tertiary/aromatic N) is 3. The van der Waals surface area contributed by atoms with E-state index in [-0.39, 0.29) is 0 Å². The monoisotopic (exact) mass is 322 g/mol. The van der Waals surface area contributed by atoms with Crippen LogP contribution in [0, 0.1) is 13.8 Å². The number of hydrogen-bond donors (Lipinski definition) is 1. The van der Waals surface area contributed by atoms with Crippen LogP contribution >= 0.6 is 0 Å². The molecule has 1 aliphatic rings. The molecule has 1 fully saturated rings. The lowest BCUT2D eigenvalue weighted by Gasteiger charge is -2.13. The van der Waals surface area contributed by atoms with Crippen LogP contribution in [-0.2, 0) is 4.74 Å². The Hall–Kier alpha value is -2.40. The van der Waals surface area contributed by atoms with Crippen molar-refractivity contribution >= 4 is 11.5 Å². The highest BCUT2D eigenvalue weighted by Gasteiger charge is 2.17. The van der Waals surface area contributed by atoms with Crippen LogP contribution in [0.25, 0.3) is 16.8 Å². The van der Waals surface area contributed by atoms with Gasteiger partial charge in [-0.3, -0.25) is 0 Å². The number of aromatic nitrogens is 3. The number of hydrogen-bond acceptors (Lipinski definition) is 4. The van der Waals surface area contributed by atoms with Crippen LogP contribution in [0.3, 0.4) is 0 Å². The molecule has 5 heteroatoms. The number of benzene rings is 1. The van der Waals surface area contributed by atoms with Gasteiger partial charge < -0.3 is 10.1 Å². The predicted octanol–water partition coefficient (Wildman–Crippen LogP) is 3.60. The quantitative estimate of drug-likeness (QED) is 0.797. The van der Waals surface area contributed by atoms with Gasteiger partial charge in [0.1, 0.15) is 5.82 Å². The molecule has 4 rings (SSSR count). The molecule has 1 saturated heterocycles. The van der Waals surface area contributed by atoms with Gasteiger partial charge in [-0.2, -0.15) is 9.61 Å². The van der Waals surface area contributed by atoms with Crippen molar-refractivity contribution in [2.45, 2.75) is 32.8 Å². The van der Waals surface area contributed by atoms with Crippen molar-refractivity contribution in [1.82, 2.24) is 14.6 Å².